The molecule has 0 saturated carbocycles. The molecule has 2 aliphatic rings. The Morgan fingerprint density at radius 2 is 2.07 bits per heavy atom. The number of methoxy groups -OCH3 is 2. The number of rotatable bonds is 8. The van der Waals surface area contributed by atoms with E-state index in [4.69, 9.17) is 30.5 Å². The standard InChI is InChI=1S/C21H32ClN3O5/c1-23-6-8-25-7-5-14(17(13-25)27-2)12-24-21(26)15-11-16(22)19(28-3)20-18(15)29-9-4-10-30-20/h11,14,17,23H,4-10,12-13H2,1-3H3,(H,24,26)/t14-,17+/m0/s1. The predicted molar refractivity (Wildman–Crippen MR) is 115 cm³/mol. The number of carbonyl (C=O) groups is 1. The number of benzene rings is 1. The van der Waals surface area contributed by atoms with Gasteiger partial charge in [-0.15, -0.1) is 0 Å². The summed E-state index contributed by atoms with van der Waals surface area (Å²) in [6, 6.07) is 1.58. The summed E-state index contributed by atoms with van der Waals surface area (Å²) in [5, 5.41) is 6.54. The van der Waals surface area contributed by atoms with Crippen molar-refractivity contribution in [2.24, 2.45) is 5.92 Å². The number of nitrogens with zero attached hydrogens (tertiary/aromatic N) is 1. The van der Waals surface area contributed by atoms with Gasteiger partial charge in [-0.2, -0.15) is 0 Å². The van der Waals surface area contributed by atoms with E-state index in [-0.39, 0.29) is 17.9 Å². The number of likely N-dealkylation sites (tertiary alicyclic amines) is 1. The predicted octanol–water partition coefficient (Wildman–Crippen LogP) is 1.80. The lowest BCUT2D eigenvalue weighted by Gasteiger charge is -2.37. The molecular formula is C21H32ClN3O5. The molecule has 1 amide bonds. The molecule has 0 aromatic heterocycles. The molecule has 0 bridgehead atoms. The second kappa shape index (κ2) is 11.0. The molecule has 1 aromatic carbocycles. The zero-order valence-electron chi connectivity index (χ0n) is 18.0. The number of hydrogen-bond acceptors (Lipinski definition) is 7. The smallest absolute Gasteiger partial charge is 0.255 e. The zero-order valence-corrected chi connectivity index (χ0v) is 18.7. The first kappa shape index (κ1) is 22.9. The second-order valence-electron chi connectivity index (χ2n) is 7.59. The van der Waals surface area contributed by atoms with E-state index in [9.17, 15) is 4.79 Å². The molecule has 1 aromatic rings. The lowest BCUT2D eigenvalue weighted by Crippen LogP contribution is -2.49. The second-order valence-corrected chi connectivity index (χ2v) is 7.99. The van der Waals surface area contributed by atoms with Gasteiger partial charge in [-0.3, -0.25) is 9.69 Å². The molecule has 1 fully saturated rings. The molecule has 0 spiro atoms. The van der Waals surface area contributed by atoms with Gasteiger partial charge in [0.15, 0.2) is 11.5 Å². The third-order valence-electron chi connectivity index (χ3n) is 5.66. The minimum Gasteiger partial charge on any atom is -0.491 e. The number of fused-ring (bicyclic) bond motifs is 1. The third-order valence-corrected chi connectivity index (χ3v) is 5.94. The van der Waals surface area contributed by atoms with Crippen LogP contribution in [-0.2, 0) is 4.74 Å². The van der Waals surface area contributed by atoms with Gasteiger partial charge in [0.1, 0.15) is 0 Å². The summed E-state index contributed by atoms with van der Waals surface area (Å²) < 4.78 is 22.7. The normalized spacial score (nSPS) is 21.7. The Balaban J connectivity index is 1.68. The van der Waals surface area contributed by atoms with Gasteiger partial charge in [0.2, 0.25) is 5.75 Å². The van der Waals surface area contributed by atoms with E-state index in [0.717, 1.165) is 39.0 Å². The van der Waals surface area contributed by atoms with Crippen molar-refractivity contribution < 1.29 is 23.7 Å². The highest BCUT2D eigenvalue weighted by Crippen LogP contribution is 2.46. The Morgan fingerprint density at radius 3 is 2.77 bits per heavy atom. The summed E-state index contributed by atoms with van der Waals surface area (Å²) in [7, 11) is 5.20. The fourth-order valence-electron chi connectivity index (χ4n) is 3.95. The minimum absolute atomic E-state index is 0.0760. The molecule has 8 nitrogen and oxygen atoms in total. The van der Waals surface area contributed by atoms with Crippen LogP contribution in [0.2, 0.25) is 5.02 Å². The van der Waals surface area contributed by atoms with Crippen molar-refractivity contribution in [1.29, 1.82) is 0 Å². The summed E-state index contributed by atoms with van der Waals surface area (Å²) in [6.07, 6.45) is 1.76. The molecule has 9 heteroatoms. The molecule has 168 valence electrons. The quantitative estimate of drug-likeness (QED) is 0.636. The van der Waals surface area contributed by atoms with Crippen molar-refractivity contribution in [2.45, 2.75) is 18.9 Å². The van der Waals surface area contributed by atoms with E-state index in [1.807, 2.05) is 7.05 Å². The van der Waals surface area contributed by atoms with E-state index >= 15 is 0 Å². The number of amides is 1. The lowest BCUT2D eigenvalue weighted by molar-refractivity contribution is -0.00980. The number of hydrogen-bond donors (Lipinski definition) is 2. The van der Waals surface area contributed by atoms with Crippen LogP contribution in [0.25, 0.3) is 0 Å². The highest BCUT2D eigenvalue weighted by atomic mass is 35.5. The molecule has 2 atom stereocenters. The van der Waals surface area contributed by atoms with Gasteiger partial charge in [0, 0.05) is 45.6 Å². The summed E-state index contributed by atoms with van der Waals surface area (Å²) in [5.74, 6) is 1.17. The van der Waals surface area contributed by atoms with Crippen LogP contribution in [-0.4, -0.2) is 84.1 Å². The van der Waals surface area contributed by atoms with E-state index < -0.39 is 0 Å². The largest absolute Gasteiger partial charge is 0.491 e. The number of halogens is 1. The van der Waals surface area contributed by atoms with Gasteiger partial charge in [-0.05, 0) is 26.1 Å². The van der Waals surface area contributed by atoms with Crippen LogP contribution in [0.15, 0.2) is 6.07 Å². The minimum atomic E-state index is -0.242. The Bertz CT molecular complexity index is 733. The maximum absolute atomic E-state index is 13.0. The van der Waals surface area contributed by atoms with Crippen LogP contribution in [0.4, 0.5) is 0 Å². The number of likely N-dealkylation sites (N-methyl/N-ethyl adjacent to an activating group) is 1. The molecule has 30 heavy (non-hydrogen) atoms. The SMILES string of the molecule is CNCCN1CC[C@@H](CNC(=O)c2cc(Cl)c(OC)c3c2OCCCO3)[C@H](OC)C1. The molecule has 0 unspecified atom stereocenters. The third kappa shape index (κ3) is 5.29. The molecule has 0 radical (unpaired) electrons. The zero-order chi connectivity index (χ0) is 21.5. The Labute approximate surface area is 183 Å². The topological polar surface area (TPSA) is 81.3 Å². The van der Waals surface area contributed by atoms with Gasteiger partial charge < -0.3 is 29.6 Å². The highest BCUT2D eigenvalue weighted by molar-refractivity contribution is 6.33. The Morgan fingerprint density at radius 1 is 1.30 bits per heavy atom. The first-order valence-electron chi connectivity index (χ1n) is 10.4. The van der Waals surface area contributed by atoms with E-state index in [1.54, 1.807) is 13.2 Å². The van der Waals surface area contributed by atoms with Crippen LogP contribution in [0.3, 0.4) is 0 Å². The fourth-order valence-corrected chi connectivity index (χ4v) is 4.23. The molecule has 3 rings (SSSR count). The van der Waals surface area contributed by atoms with Crippen molar-refractivity contribution in [1.82, 2.24) is 15.5 Å². The molecule has 2 aliphatic heterocycles. The summed E-state index contributed by atoms with van der Waals surface area (Å²) >= 11 is 6.34. The number of nitrogens with one attached hydrogen (secondary N) is 2. The van der Waals surface area contributed by atoms with Crippen LogP contribution in [0.1, 0.15) is 23.2 Å². The molecule has 1 saturated heterocycles. The van der Waals surface area contributed by atoms with Gasteiger partial charge in [0.25, 0.3) is 5.91 Å². The molecule has 2 heterocycles. The Kier molecular flexibility index (Phi) is 8.44. The maximum atomic E-state index is 13.0. The summed E-state index contributed by atoms with van der Waals surface area (Å²) in [5.41, 5.74) is 0.359. The van der Waals surface area contributed by atoms with E-state index in [2.05, 4.69) is 15.5 Å². The number of piperidine rings is 1. The van der Waals surface area contributed by atoms with Crippen molar-refractivity contribution in [3.63, 3.8) is 0 Å². The molecule has 0 aliphatic carbocycles. The summed E-state index contributed by atoms with van der Waals surface area (Å²) in [4.78, 5) is 15.4. The van der Waals surface area contributed by atoms with Gasteiger partial charge in [-0.1, -0.05) is 11.6 Å². The van der Waals surface area contributed by atoms with Gasteiger partial charge in [0.05, 0.1) is 37.0 Å². The van der Waals surface area contributed by atoms with Crippen LogP contribution in [0.5, 0.6) is 17.2 Å². The van der Waals surface area contributed by atoms with E-state index in [1.165, 1.54) is 7.11 Å². The summed E-state index contributed by atoms with van der Waals surface area (Å²) in [6.45, 7) is 5.26. The van der Waals surface area contributed by atoms with Crippen molar-refractivity contribution >= 4 is 17.5 Å². The van der Waals surface area contributed by atoms with Gasteiger partial charge in [-0.25, -0.2) is 0 Å². The van der Waals surface area contributed by atoms with Crippen LogP contribution >= 0.6 is 11.6 Å². The lowest BCUT2D eigenvalue weighted by atomic mass is 9.93. The first-order chi connectivity index (χ1) is 14.6. The van der Waals surface area contributed by atoms with Gasteiger partial charge >= 0.3 is 0 Å². The molecular weight excluding hydrogens is 410 g/mol. The average Bonchev–Trinajstić information content (AvgIpc) is 3.01. The van der Waals surface area contributed by atoms with Crippen LogP contribution in [0, 0.1) is 5.92 Å². The number of ether oxygens (including phenoxy) is 4. The molecule has 2 N–H and O–H groups in total. The Hall–Kier alpha value is -1.74. The first-order valence-corrected chi connectivity index (χ1v) is 10.8. The average molecular weight is 442 g/mol. The van der Waals surface area contributed by atoms with Crippen molar-refractivity contribution in [2.75, 3.05) is 67.2 Å². The van der Waals surface area contributed by atoms with E-state index in [0.29, 0.717) is 47.6 Å². The van der Waals surface area contributed by atoms with Crippen LogP contribution < -0.4 is 24.8 Å². The fraction of sp³-hybridized carbons (Fsp3) is 0.667. The monoisotopic (exact) mass is 441 g/mol. The van der Waals surface area contributed by atoms with Crippen molar-refractivity contribution in [3.05, 3.63) is 16.7 Å². The van der Waals surface area contributed by atoms with Crippen molar-refractivity contribution in [3.8, 4) is 17.2 Å². The highest BCUT2D eigenvalue weighted by Gasteiger charge is 2.31. The number of carbonyl (C=O) groups excluding carboxylic acids is 1. The maximum Gasteiger partial charge on any atom is 0.255 e.